The summed E-state index contributed by atoms with van der Waals surface area (Å²) in [7, 11) is 0. The van der Waals surface area contributed by atoms with Gasteiger partial charge in [-0.1, -0.05) is 29.4 Å². The van der Waals surface area contributed by atoms with Crippen molar-refractivity contribution >= 4 is 11.9 Å². The first-order chi connectivity index (χ1) is 12.1. The highest BCUT2D eigenvalue weighted by Gasteiger charge is 2.18. The van der Waals surface area contributed by atoms with Crippen LogP contribution in [0.25, 0.3) is 11.4 Å². The van der Waals surface area contributed by atoms with Gasteiger partial charge >= 0.3 is 6.03 Å². The van der Waals surface area contributed by atoms with Gasteiger partial charge in [0.05, 0.1) is 0 Å². The summed E-state index contributed by atoms with van der Waals surface area (Å²) in [6.07, 6.45) is 0.649. The van der Waals surface area contributed by atoms with Crippen LogP contribution in [0.15, 0.2) is 28.8 Å². The van der Waals surface area contributed by atoms with Crippen molar-refractivity contribution in [2.24, 2.45) is 0 Å². The molecule has 25 heavy (non-hydrogen) atoms. The molecule has 2 aromatic rings. The maximum Gasteiger partial charge on any atom is 0.317 e. The molecule has 1 aromatic heterocycles. The van der Waals surface area contributed by atoms with Crippen molar-refractivity contribution in [2.45, 2.75) is 19.8 Å². The van der Waals surface area contributed by atoms with Gasteiger partial charge in [0.15, 0.2) is 0 Å². The Kier molecular flexibility index (Phi) is 5.27. The van der Waals surface area contributed by atoms with Crippen molar-refractivity contribution in [1.29, 1.82) is 0 Å². The number of hydrogen-bond donors (Lipinski definition) is 2. The van der Waals surface area contributed by atoms with E-state index >= 15 is 0 Å². The molecule has 3 amide bonds. The van der Waals surface area contributed by atoms with E-state index in [9.17, 15) is 9.59 Å². The molecular formula is C17H21N5O3. The zero-order valence-corrected chi connectivity index (χ0v) is 14.1. The zero-order chi connectivity index (χ0) is 17.6. The second kappa shape index (κ2) is 7.78. The molecule has 0 bridgehead atoms. The molecule has 0 atom stereocenters. The van der Waals surface area contributed by atoms with Gasteiger partial charge in [-0.2, -0.15) is 4.98 Å². The molecule has 8 heteroatoms. The number of urea groups is 1. The number of nitrogens with one attached hydrogen (secondary N) is 2. The van der Waals surface area contributed by atoms with E-state index in [1.807, 2.05) is 31.2 Å². The molecule has 1 saturated heterocycles. The molecule has 0 radical (unpaired) electrons. The maximum absolute atomic E-state index is 11.9. The molecule has 2 N–H and O–H groups in total. The number of carbonyl (C=O) groups excluding carboxylic acids is 2. The van der Waals surface area contributed by atoms with E-state index in [-0.39, 0.29) is 18.4 Å². The van der Waals surface area contributed by atoms with E-state index in [2.05, 4.69) is 20.8 Å². The number of nitrogens with zero attached hydrogens (tertiary/aromatic N) is 3. The Bertz CT molecular complexity index is 758. The number of hydrogen-bond acceptors (Lipinski definition) is 5. The van der Waals surface area contributed by atoms with Crippen LogP contribution in [0.5, 0.6) is 0 Å². The van der Waals surface area contributed by atoms with Crippen LogP contribution in [0, 0.1) is 6.92 Å². The fourth-order valence-electron chi connectivity index (χ4n) is 2.65. The number of aryl methyl sites for hydroxylation is 2. The summed E-state index contributed by atoms with van der Waals surface area (Å²) < 4.78 is 5.22. The van der Waals surface area contributed by atoms with Crippen LogP contribution in [0.2, 0.25) is 0 Å². The summed E-state index contributed by atoms with van der Waals surface area (Å²) in [5.74, 6) is 0.871. The molecule has 2 heterocycles. The third kappa shape index (κ3) is 4.34. The monoisotopic (exact) mass is 343 g/mol. The van der Waals surface area contributed by atoms with Crippen molar-refractivity contribution in [3.05, 3.63) is 35.7 Å². The maximum atomic E-state index is 11.9. The van der Waals surface area contributed by atoms with Gasteiger partial charge in [0, 0.05) is 44.6 Å². The second-order valence-corrected chi connectivity index (χ2v) is 5.90. The van der Waals surface area contributed by atoms with Crippen LogP contribution in [-0.4, -0.2) is 53.2 Å². The lowest BCUT2D eigenvalue weighted by Crippen LogP contribution is -2.36. The number of aromatic nitrogens is 2. The predicted molar refractivity (Wildman–Crippen MR) is 90.8 cm³/mol. The fourth-order valence-corrected chi connectivity index (χ4v) is 2.65. The number of rotatable bonds is 7. The van der Waals surface area contributed by atoms with Gasteiger partial charge in [0.1, 0.15) is 0 Å². The molecule has 0 spiro atoms. The van der Waals surface area contributed by atoms with Crippen molar-refractivity contribution in [3.63, 3.8) is 0 Å². The van der Waals surface area contributed by atoms with Crippen LogP contribution < -0.4 is 10.6 Å². The van der Waals surface area contributed by atoms with Crippen molar-refractivity contribution in [3.8, 4) is 11.4 Å². The zero-order valence-electron chi connectivity index (χ0n) is 14.1. The van der Waals surface area contributed by atoms with Crippen LogP contribution in [-0.2, 0) is 11.2 Å². The Labute approximate surface area is 145 Å². The Balaban J connectivity index is 1.43. The van der Waals surface area contributed by atoms with Gasteiger partial charge < -0.3 is 20.1 Å². The number of amides is 3. The van der Waals surface area contributed by atoms with E-state index in [1.165, 1.54) is 0 Å². The van der Waals surface area contributed by atoms with E-state index in [0.29, 0.717) is 44.3 Å². The van der Waals surface area contributed by atoms with Crippen LogP contribution in [0.3, 0.4) is 0 Å². The molecular weight excluding hydrogens is 322 g/mol. The Hall–Kier alpha value is -2.90. The third-order valence-corrected chi connectivity index (χ3v) is 4.07. The van der Waals surface area contributed by atoms with Crippen molar-refractivity contribution in [1.82, 2.24) is 25.7 Å². The first-order valence-corrected chi connectivity index (χ1v) is 8.31. The Morgan fingerprint density at radius 3 is 3.00 bits per heavy atom. The summed E-state index contributed by atoms with van der Waals surface area (Å²) >= 11 is 0. The SMILES string of the molecule is Cc1ccccc1-c1noc(CCC(=O)NCCN2CCNC2=O)n1. The first-order valence-electron chi connectivity index (χ1n) is 8.31. The van der Waals surface area contributed by atoms with Crippen LogP contribution in [0.1, 0.15) is 17.9 Å². The summed E-state index contributed by atoms with van der Waals surface area (Å²) in [4.78, 5) is 29.3. The average molecular weight is 343 g/mol. The van der Waals surface area contributed by atoms with E-state index < -0.39 is 0 Å². The standard InChI is InChI=1S/C17H21N5O3/c1-12-4-2-3-5-13(12)16-20-15(25-21-16)7-6-14(23)18-8-10-22-11-9-19-17(22)24/h2-5H,6-11H2,1H3,(H,18,23)(H,19,24). The van der Waals surface area contributed by atoms with Gasteiger partial charge in [-0.05, 0) is 12.5 Å². The lowest BCUT2D eigenvalue weighted by Gasteiger charge is -2.14. The van der Waals surface area contributed by atoms with E-state index in [4.69, 9.17) is 4.52 Å². The molecule has 0 unspecified atom stereocenters. The van der Waals surface area contributed by atoms with Crippen molar-refractivity contribution < 1.29 is 14.1 Å². The molecule has 0 saturated carbocycles. The molecule has 1 aliphatic rings. The normalized spacial score (nSPS) is 13.8. The molecule has 8 nitrogen and oxygen atoms in total. The number of carbonyl (C=O) groups is 2. The largest absolute Gasteiger partial charge is 0.354 e. The fraction of sp³-hybridized carbons (Fsp3) is 0.412. The van der Waals surface area contributed by atoms with Gasteiger partial charge in [-0.3, -0.25) is 4.79 Å². The lowest BCUT2D eigenvalue weighted by molar-refractivity contribution is -0.121. The molecule has 3 rings (SSSR count). The molecule has 1 fully saturated rings. The highest BCUT2D eigenvalue weighted by Crippen LogP contribution is 2.20. The van der Waals surface area contributed by atoms with Crippen LogP contribution >= 0.6 is 0 Å². The quantitative estimate of drug-likeness (QED) is 0.785. The number of benzene rings is 1. The Morgan fingerprint density at radius 1 is 1.40 bits per heavy atom. The lowest BCUT2D eigenvalue weighted by atomic mass is 10.1. The van der Waals surface area contributed by atoms with Gasteiger partial charge in [-0.15, -0.1) is 0 Å². The molecule has 0 aliphatic carbocycles. The summed E-state index contributed by atoms with van der Waals surface area (Å²) in [6, 6.07) is 7.72. The highest BCUT2D eigenvalue weighted by atomic mass is 16.5. The Morgan fingerprint density at radius 2 is 2.24 bits per heavy atom. The minimum absolute atomic E-state index is 0.0798. The van der Waals surface area contributed by atoms with E-state index in [0.717, 1.165) is 11.1 Å². The first kappa shape index (κ1) is 16.9. The summed E-state index contributed by atoms with van der Waals surface area (Å²) in [5, 5.41) is 9.50. The van der Waals surface area contributed by atoms with Gasteiger partial charge in [0.2, 0.25) is 17.6 Å². The average Bonchev–Trinajstić information content (AvgIpc) is 3.23. The molecule has 1 aromatic carbocycles. The van der Waals surface area contributed by atoms with Gasteiger partial charge in [0.25, 0.3) is 0 Å². The third-order valence-electron chi connectivity index (χ3n) is 4.07. The van der Waals surface area contributed by atoms with Crippen molar-refractivity contribution in [2.75, 3.05) is 26.2 Å². The summed E-state index contributed by atoms with van der Waals surface area (Å²) in [5.41, 5.74) is 1.99. The second-order valence-electron chi connectivity index (χ2n) is 5.90. The minimum Gasteiger partial charge on any atom is -0.354 e. The highest BCUT2D eigenvalue weighted by molar-refractivity contribution is 5.77. The van der Waals surface area contributed by atoms with E-state index in [1.54, 1.807) is 4.90 Å². The topological polar surface area (TPSA) is 100 Å². The smallest absolute Gasteiger partial charge is 0.317 e. The molecule has 1 aliphatic heterocycles. The summed E-state index contributed by atoms with van der Waals surface area (Å²) in [6.45, 7) is 4.27. The molecule has 132 valence electrons. The minimum atomic E-state index is -0.102. The predicted octanol–water partition coefficient (Wildman–Crippen LogP) is 1.12. The van der Waals surface area contributed by atoms with Gasteiger partial charge in [-0.25, -0.2) is 4.79 Å². The van der Waals surface area contributed by atoms with Crippen LogP contribution in [0.4, 0.5) is 4.79 Å².